The first-order valence-corrected chi connectivity index (χ1v) is 8.28. The van der Waals surface area contributed by atoms with Crippen LogP contribution in [0.3, 0.4) is 0 Å². The summed E-state index contributed by atoms with van der Waals surface area (Å²) in [6.07, 6.45) is 0. The van der Waals surface area contributed by atoms with E-state index in [2.05, 4.69) is 41.2 Å². The summed E-state index contributed by atoms with van der Waals surface area (Å²) in [5.74, 6) is -0.362. The number of carbonyl (C=O) groups is 2. The second-order valence-electron chi connectivity index (χ2n) is 6.26. The van der Waals surface area contributed by atoms with Gasteiger partial charge in [0.05, 0.1) is 19.7 Å². The number of likely N-dealkylation sites (N-methyl/N-ethyl adjacent to an activating group) is 1. The molecule has 1 amide bonds. The number of amides is 1. The van der Waals surface area contributed by atoms with Crippen LogP contribution in [0.1, 0.15) is 27.0 Å². The highest BCUT2D eigenvalue weighted by Gasteiger charge is 2.11. The summed E-state index contributed by atoms with van der Waals surface area (Å²) in [6.45, 7) is 3.72. The molecule has 0 bridgehead atoms. The molecule has 0 fully saturated rings. The number of rotatable bonds is 7. The van der Waals surface area contributed by atoms with E-state index >= 15 is 0 Å². The third-order valence-electron chi connectivity index (χ3n) is 3.95. The smallest absolute Gasteiger partial charge is 0.337 e. The molecule has 132 valence electrons. The summed E-state index contributed by atoms with van der Waals surface area (Å²) in [6, 6.07) is 15.4. The van der Waals surface area contributed by atoms with E-state index in [4.69, 9.17) is 0 Å². The van der Waals surface area contributed by atoms with E-state index in [-0.39, 0.29) is 11.9 Å². The molecule has 0 saturated heterocycles. The van der Waals surface area contributed by atoms with Crippen molar-refractivity contribution in [3.05, 3.63) is 70.8 Å². The van der Waals surface area contributed by atoms with Crippen molar-refractivity contribution in [3.63, 3.8) is 0 Å². The zero-order valence-electron chi connectivity index (χ0n) is 15.0. The SMILES string of the molecule is COC(=O)c1ccc(CNC(=O)C[NH+](C)Cc2ccc(C)cc2)cc1. The summed E-state index contributed by atoms with van der Waals surface area (Å²) >= 11 is 0. The minimum Gasteiger partial charge on any atom is -0.465 e. The standard InChI is InChI=1S/C20H24N2O3/c1-15-4-6-17(7-5-15)13-22(2)14-19(23)21-12-16-8-10-18(11-9-16)20(24)25-3/h4-11H,12-14H2,1-3H3,(H,21,23)/p+1. The summed E-state index contributed by atoms with van der Waals surface area (Å²) in [5, 5.41) is 2.91. The molecule has 25 heavy (non-hydrogen) atoms. The van der Waals surface area contributed by atoms with Crippen molar-refractivity contribution in [2.24, 2.45) is 0 Å². The van der Waals surface area contributed by atoms with Gasteiger partial charge < -0.3 is 15.0 Å². The predicted octanol–water partition coefficient (Wildman–Crippen LogP) is 1.11. The van der Waals surface area contributed by atoms with Crippen LogP contribution in [-0.2, 0) is 22.6 Å². The van der Waals surface area contributed by atoms with E-state index in [1.165, 1.54) is 18.2 Å². The lowest BCUT2D eigenvalue weighted by Crippen LogP contribution is -3.08. The first-order chi connectivity index (χ1) is 12.0. The van der Waals surface area contributed by atoms with Gasteiger partial charge in [-0.05, 0) is 24.6 Å². The van der Waals surface area contributed by atoms with Crippen LogP contribution in [0.25, 0.3) is 0 Å². The molecule has 0 aromatic heterocycles. The van der Waals surface area contributed by atoms with Crippen molar-refractivity contribution in [2.75, 3.05) is 20.7 Å². The molecule has 0 aliphatic carbocycles. The number of carbonyl (C=O) groups excluding carboxylic acids is 2. The Kier molecular flexibility index (Phi) is 6.71. The van der Waals surface area contributed by atoms with E-state index in [0.717, 1.165) is 17.0 Å². The second-order valence-corrected chi connectivity index (χ2v) is 6.26. The lowest BCUT2D eigenvalue weighted by atomic mass is 10.1. The van der Waals surface area contributed by atoms with Gasteiger partial charge >= 0.3 is 5.97 Å². The maximum Gasteiger partial charge on any atom is 0.337 e. The maximum absolute atomic E-state index is 12.1. The van der Waals surface area contributed by atoms with Crippen LogP contribution in [0.2, 0.25) is 0 Å². The van der Waals surface area contributed by atoms with Crippen LogP contribution in [0.4, 0.5) is 0 Å². The molecular weight excluding hydrogens is 316 g/mol. The van der Waals surface area contributed by atoms with Crippen molar-refractivity contribution < 1.29 is 19.2 Å². The molecule has 2 aromatic rings. The normalized spacial score (nSPS) is 11.6. The van der Waals surface area contributed by atoms with E-state index in [1.807, 2.05) is 19.2 Å². The zero-order chi connectivity index (χ0) is 18.2. The number of aryl methyl sites for hydroxylation is 1. The Morgan fingerprint density at radius 3 is 2.20 bits per heavy atom. The largest absolute Gasteiger partial charge is 0.465 e. The van der Waals surface area contributed by atoms with Gasteiger partial charge in [-0.15, -0.1) is 0 Å². The van der Waals surface area contributed by atoms with Gasteiger partial charge in [0.15, 0.2) is 6.54 Å². The number of ether oxygens (including phenoxy) is 1. The average molecular weight is 341 g/mol. The number of methoxy groups -OCH3 is 1. The zero-order valence-corrected chi connectivity index (χ0v) is 15.0. The fourth-order valence-corrected chi connectivity index (χ4v) is 2.53. The molecule has 0 spiro atoms. The Morgan fingerprint density at radius 2 is 1.60 bits per heavy atom. The van der Waals surface area contributed by atoms with Gasteiger partial charge in [-0.25, -0.2) is 4.79 Å². The van der Waals surface area contributed by atoms with E-state index in [1.54, 1.807) is 12.1 Å². The highest BCUT2D eigenvalue weighted by molar-refractivity contribution is 5.89. The molecule has 5 heteroatoms. The first-order valence-electron chi connectivity index (χ1n) is 8.28. The topological polar surface area (TPSA) is 59.8 Å². The molecule has 0 heterocycles. The number of benzene rings is 2. The van der Waals surface area contributed by atoms with Crippen LogP contribution in [0.15, 0.2) is 48.5 Å². The lowest BCUT2D eigenvalue weighted by Gasteiger charge is -2.14. The summed E-state index contributed by atoms with van der Waals surface area (Å²) in [4.78, 5) is 24.6. The number of hydrogen-bond acceptors (Lipinski definition) is 3. The van der Waals surface area contributed by atoms with Gasteiger partial charge in [-0.3, -0.25) is 4.79 Å². The van der Waals surface area contributed by atoms with E-state index < -0.39 is 0 Å². The minimum atomic E-state index is -0.364. The molecule has 2 rings (SSSR count). The number of hydrogen-bond donors (Lipinski definition) is 2. The molecular formula is C20H25N2O3+. The Bertz CT molecular complexity index is 709. The summed E-state index contributed by atoms with van der Waals surface area (Å²) < 4.78 is 4.66. The molecule has 0 saturated carbocycles. The Balaban J connectivity index is 1.77. The van der Waals surface area contributed by atoms with Crippen molar-refractivity contribution in [1.82, 2.24) is 5.32 Å². The van der Waals surface area contributed by atoms with Gasteiger partial charge in [-0.2, -0.15) is 0 Å². The Hall–Kier alpha value is -2.66. The molecule has 1 atom stereocenters. The quantitative estimate of drug-likeness (QED) is 0.742. The van der Waals surface area contributed by atoms with Gasteiger partial charge in [0.25, 0.3) is 5.91 Å². The van der Waals surface area contributed by atoms with E-state index in [0.29, 0.717) is 18.7 Å². The second kappa shape index (κ2) is 8.99. The fraction of sp³-hybridized carbons (Fsp3) is 0.300. The monoisotopic (exact) mass is 341 g/mol. The molecule has 0 radical (unpaired) electrons. The Labute approximate surface area is 148 Å². The minimum absolute atomic E-state index is 0.00153. The predicted molar refractivity (Wildman–Crippen MR) is 96.3 cm³/mol. The fourth-order valence-electron chi connectivity index (χ4n) is 2.53. The van der Waals surface area contributed by atoms with Crippen LogP contribution in [0, 0.1) is 6.92 Å². The maximum atomic E-state index is 12.1. The van der Waals surface area contributed by atoms with Crippen LogP contribution >= 0.6 is 0 Å². The van der Waals surface area contributed by atoms with Crippen LogP contribution in [0.5, 0.6) is 0 Å². The van der Waals surface area contributed by atoms with Gasteiger partial charge in [0.1, 0.15) is 6.54 Å². The highest BCUT2D eigenvalue weighted by Crippen LogP contribution is 2.05. The van der Waals surface area contributed by atoms with Crippen molar-refractivity contribution in [3.8, 4) is 0 Å². The molecule has 5 nitrogen and oxygen atoms in total. The molecule has 2 aromatic carbocycles. The van der Waals surface area contributed by atoms with Gasteiger partial charge in [0.2, 0.25) is 0 Å². The number of nitrogens with one attached hydrogen (secondary N) is 2. The number of esters is 1. The van der Waals surface area contributed by atoms with E-state index in [9.17, 15) is 9.59 Å². The Morgan fingerprint density at radius 1 is 1.00 bits per heavy atom. The van der Waals surface area contributed by atoms with Crippen LogP contribution < -0.4 is 10.2 Å². The third-order valence-corrected chi connectivity index (χ3v) is 3.95. The summed E-state index contributed by atoms with van der Waals surface area (Å²) in [5.41, 5.74) is 3.89. The van der Waals surface area contributed by atoms with Crippen molar-refractivity contribution in [1.29, 1.82) is 0 Å². The molecule has 0 aliphatic rings. The number of quaternary nitrogens is 1. The summed E-state index contributed by atoms with van der Waals surface area (Å²) in [7, 11) is 3.36. The highest BCUT2D eigenvalue weighted by atomic mass is 16.5. The lowest BCUT2D eigenvalue weighted by molar-refractivity contribution is -0.885. The van der Waals surface area contributed by atoms with Crippen molar-refractivity contribution >= 4 is 11.9 Å². The molecule has 1 unspecified atom stereocenters. The first kappa shape index (κ1) is 18.7. The molecule has 0 aliphatic heterocycles. The van der Waals surface area contributed by atoms with Gasteiger partial charge in [-0.1, -0.05) is 42.0 Å². The average Bonchev–Trinajstić information content (AvgIpc) is 2.61. The molecule has 2 N–H and O–H groups in total. The van der Waals surface area contributed by atoms with Crippen molar-refractivity contribution in [2.45, 2.75) is 20.0 Å². The van der Waals surface area contributed by atoms with Gasteiger partial charge in [0, 0.05) is 12.1 Å². The van der Waals surface area contributed by atoms with Crippen LogP contribution in [-0.4, -0.2) is 32.6 Å². The third kappa shape index (κ3) is 6.04.